The Morgan fingerprint density at radius 2 is 1.64 bits per heavy atom. The lowest BCUT2D eigenvalue weighted by molar-refractivity contribution is -0.417. The molecule has 0 aromatic heterocycles. The van der Waals surface area contributed by atoms with E-state index in [0.29, 0.717) is 6.04 Å². The molecule has 0 saturated heterocycles. The number of hydrogen-bond donors (Lipinski definition) is 1. The fourth-order valence-electron chi connectivity index (χ4n) is 0.568. The van der Waals surface area contributed by atoms with Crippen LogP contribution in [-0.2, 0) is 10.1 Å². The van der Waals surface area contributed by atoms with Crippen LogP contribution in [0.5, 0.6) is 0 Å². The fraction of sp³-hybridized carbons (Fsp3) is 0.556. The van der Waals surface area contributed by atoms with E-state index in [2.05, 4.69) is 18.9 Å². The van der Waals surface area contributed by atoms with E-state index in [0.717, 1.165) is 12.8 Å². The lowest BCUT2D eigenvalue weighted by Crippen LogP contribution is -2.60. The Morgan fingerprint density at radius 1 is 1.36 bits per heavy atom. The van der Waals surface area contributed by atoms with Crippen molar-refractivity contribution in [3.8, 4) is 0 Å². The van der Waals surface area contributed by atoms with Crippen LogP contribution in [0.1, 0.15) is 19.8 Å². The normalized spacial score (nSPS) is 10.3. The molecule has 4 nitrogen and oxygen atoms in total. The summed E-state index contributed by atoms with van der Waals surface area (Å²) in [5.41, 5.74) is 3.88. The van der Waals surface area contributed by atoms with Crippen LogP contribution < -0.4 is 5.73 Å². The summed E-state index contributed by atoms with van der Waals surface area (Å²) in [6.07, 6.45) is 5.76. The van der Waals surface area contributed by atoms with Crippen molar-refractivity contribution in [1.29, 1.82) is 0 Å². The molecule has 5 heteroatoms. The van der Waals surface area contributed by atoms with E-state index in [-0.39, 0.29) is 5.75 Å². The average molecular weight is 221 g/mol. The molecule has 0 saturated carbocycles. The minimum atomic E-state index is -3.91. The molecule has 0 spiro atoms. The van der Waals surface area contributed by atoms with Crippen LogP contribution in [0.25, 0.3) is 0 Å². The van der Waals surface area contributed by atoms with Gasteiger partial charge in [-0.05, 0) is 0 Å². The molecule has 0 atom stereocenters. The van der Waals surface area contributed by atoms with E-state index in [9.17, 15) is 13.0 Å². The number of hydrogen-bond acceptors (Lipinski definition) is 3. The minimum absolute atomic E-state index is 0.312. The molecule has 0 bridgehead atoms. The fourth-order valence-corrected chi connectivity index (χ4v) is 0.568. The molecule has 0 aliphatic heterocycles. The Bertz CT molecular complexity index is 237. The average Bonchev–Trinajstić information content (AvgIpc) is 2.05. The van der Waals surface area contributed by atoms with Crippen molar-refractivity contribution < 1.29 is 18.7 Å². The highest BCUT2D eigenvalue weighted by Crippen LogP contribution is 1.91. The molecule has 0 fully saturated rings. The van der Waals surface area contributed by atoms with Crippen LogP contribution in [0.3, 0.4) is 0 Å². The third kappa shape index (κ3) is 17.4. The molecule has 0 aliphatic rings. The van der Waals surface area contributed by atoms with Crippen LogP contribution in [-0.4, -0.2) is 24.8 Å². The second-order valence-corrected chi connectivity index (χ2v) is 4.45. The maximum absolute atomic E-state index is 9.44. The van der Waals surface area contributed by atoms with E-state index in [1.807, 2.05) is 12.2 Å². The predicted octanol–water partition coefficient (Wildman–Crippen LogP) is 0.301. The Labute approximate surface area is 86.3 Å². The van der Waals surface area contributed by atoms with Crippen LogP contribution in [0.2, 0.25) is 0 Å². The summed E-state index contributed by atoms with van der Waals surface area (Å²) in [6.45, 7) is 8.53. The molecule has 0 unspecified atom stereocenters. The van der Waals surface area contributed by atoms with Crippen LogP contribution in [0, 0.1) is 0 Å². The van der Waals surface area contributed by atoms with E-state index in [1.54, 1.807) is 0 Å². The van der Waals surface area contributed by atoms with Crippen molar-refractivity contribution in [2.24, 2.45) is 0 Å². The van der Waals surface area contributed by atoms with Gasteiger partial charge in [-0.1, -0.05) is 19.1 Å². The number of rotatable bonds is 5. The Balaban J connectivity index is 0. The topological polar surface area (TPSA) is 84.8 Å². The van der Waals surface area contributed by atoms with E-state index in [4.69, 9.17) is 0 Å². The SMILES string of the molecule is C=CCC([NH3+])CC=C.CCS(=O)(=O)[O-]. The van der Waals surface area contributed by atoms with Crippen molar-refractivity contribution in [3.63, 3.8) is 0 Å². The first-order valence-electron chi connectivity index (χ1n) is 4.35. The molecule has 0 heterocycles. The van der Waals surface area contributed by atoms with Gasteiger partial charge in [0, 0.05) is 18.6 Å². The summed E-state index contributed by atoms with van der Waals surface area (Å²) in [5, 5.41) is 0. The third-order valence-electron chi connectivity index (χ3n) is 1.35. The highest BCUT2D eigenvalue weighted by atomic mass is 32.2. The summed E-state index contributed by atoms with van der Waals surface area (Å²) < 4.78 is 28.3. The highest BCUT2D eigenvalue weighted by Gasteiger charge is 1.96. The monoisotopic (exact) mass is 221 g/mol. The molecule has 0 aliphatic carbocycles. The van der Waals surface area contributed by atoms with Crippen LogP contribution in [0.4, 0.5) is 0 Å². The van der Waals surface area contributed by atoms with Crippen molar-refractivity contribution in [3.05, 3.63) is 25.3 Å². The van der Waals surface area contributed by atoms with Crippen molar-refractivity contribution in [2.45, 2.75) is 25.8 Å². The Morgan fingerprint density at radius 3 is 1.79 bits per heavy atom. The molecule has 0 aromatic carbocycles. The first-order valence-corrected chi connectivity index (χ1v) is 5.93. The molecule has 0 amide bonds. The van der Waals surface area contributed by atoms with Crippen LogP contribution in [0.15, 0.2) is 25.3 Å². The standard InChI is InChI=1S/C7H13N.C2H6O3S/c1-3-5-7(8)6-4-2;1-2-6(3,4)5/h3-4,7H,1-2,5-6,8H2;2H2,1H3,(H,3,4,5). The number of quaternary nitrogens is 1. The second kappa shape index (κ2) is 8.93. The van der Waals surface area contributed by atoms with E-state index in [1.165, 1.54) is 6.92 Å². The summed E-state index contributed by atoms with van der Waals surface area (Å²) in [6, 6.07) is 0.477. The van der Waals surface area contributed by atoms with E-state index >= 15 is 0 Å². The van der Waals surface area contributed by atoms with Gasteiger partial charge in [0.15, 0.2) is 0 Å². The minimum Gasteiger partial charge on any atom is -0.748 e. The molecule has 14 heavy (non-hydrogen) atoms. The maximum atomic E-state index is 9.44. The first-order chi connectivity index (χ1) is 6.37. The molecule has 3 N–H and O–H groups in total. The second-order valence-electron chi connectivity index (χ2n) is 2.76. The molecule has 0 rings (SSSR count). The summed E-state index contributed by atoms with van der Waals surface area (Å²) in [5.74, 6) is -0.312. The smallest absolute Gasteiger partial charge is 0.0943 e. The molecule has 84 valence electrons. The van der Waals surface area contributed by atoms with E-state index < -0.39 is 10.1 Å². The lowest BCUT2D eigenvalue weighted by Gasteiger charge is -1.98. The third-order valence-corrected chi connectivity index (χ3v) is 2.06. The summed E-state index contributed by atoms with van der Waals surface area (Å²) in [7, 11) is -3.91. The van der Waals surface area contributed by atoms with Gasteiger partial charge in [0.25, 0.3) is 0 Å². The van der Waals surface area contributed by atoms with Crippen molar-refractivity contribution >= 4 is 10.1 Å². The van der Waals surface area contributed by atoms with Crippen LogP contribution >= 0.6 is 0 Å². The van der Waals surface area contributed by atoms with Crippen molar-refractivity contribution in [2.75, 3.05) is 5.75 Å². The van der Waals surface area contributed by atoms with Crippen molar-refractivity contribution in [1.82, 2.24) is 0 Å². The quantitative estimate of drug-likeness (QED) is 0.535. The van der Waals surface area contributed by atoms with Gasteiger partial charge < -0.3 is 10.3 Å². The van der Waals surface area contributed by atoms with Gasteiger partial charge >= 0.3 is 0 Å². The molecule has 0 aromatic rings. The Hall–Kier alpha value is -0.650. The predicted molar refractivity (Wildman–Crippen MR) is 56.5 cm³/mol. The van der Waals surface area contributed by atoms with Gasteiger partial charge in [0.1, 0.15) is 0 Å². The first kappa shape index (κ1) is 15.8. The van der Waals surface area contributed by atoms with Gasteiger partial charge in [-0.25, -0.2) is 8.42 Å². The zero-order chi connectivity index (χ0) is 11.6. The lowest BCUT2D eigenvalue weighted by atomic mass is 10.1. The Kier molecular flexibility index (Phi) is 10.1. The van der Waals surface area contributed by atoms with Gasteiger partial charge in [-0.15, -0.1) is 13.2 Å². The summed E-state index contributed by atoms with van der Waals surface area (Å²) >= 11 is 0. The summed E-state index contributed by atoms with van der Waals surface area (Å²) in [4.78, 5) is 0. The maximum Gasteiger partial charge on any atom is 0.0943 e. The molecular weight excluding hydrogens is 202 g/mol. The molecular formula is C9H19NO3S. The van der Waals surface area contributed by atoms with Gasteiger partial charge in [0.05, 0.1) is 16.2 Å². The zero-order valence-electron chi connectivity index (χ0n) is 8.61. The zero-order valence-corrected chi connectivity index (χ0v) is 9.42. The highest BCUT2D eigenvalue weighted by molar-refractivity contribution is 7.85. The van der Waals surface area contributed by atoms with Gasteiger partial charge in [-0.3, -0.25) is 0 Å². The largest absolute Gasteiger partial charge is 0.748 e. The van der Waals surface area contributed by atoms with Gasteiger partial charge in [-0.2, -0.15) is 0 Å². The molecule has 0 radical (unpaired) electrons. The van der Waals surface area contributed by atoms with Gasteiger partial charge in [0.2, 0.25) is 0 Å².